The van der Waals surface area contributed by atoms with Crippen LogP contribution in [0.5, 0.6) is 0 Å². The highest BCUT2D eigenvalue weighted by Crippen LogP contribution is 2.55. The molecular weight excluding hydrogens is 192 g/mol. The average molecular weight is 220 g/mol. The molecule has 0 nitrogen and oxygen atoms in total. The van der Waals surface area contributed by atoms with Gasteiger partial charge in [0.05, 0.1) is 0 Å². The van der Waals surface area contributed by atoms with E-state index in [1.165, 1.54) is 38.5 Å². The Morgan fingerprint density at radius 2 is 1.81 bits per heavy atom. The van der Waals surface area contributed by atoms with Crippen molar-refractivity contribution in [2.24, 2.45) is 16.7 Å². The van der Waals surface area contributed by atoms with E-state index in [1.807, 2.05) is 11.1 Å². The minimum Gasteiger partial charge on any atom is -0.0646 e. The lowest BCUT2D eigenvalue weighted by molar-refractivity contribution is 0.203. The van der Waals surface area contributed by atoms with Gasteiger partial charge in [0.15, 0.2) is 0 Å². The number of allylic oxidation sites excluding steroid dienone is 2. The first-order chi connectivity index (χ1) is 7.39. The van der Waals surface area contributed by atoms with Gasteiger partial charge in [-0.1, -0.05) is 45.8 Å². The van der Waals surface area contributed by atoms with Crippen molar-refractivity contribution in [3.05, 3.63) is 11.1 Å². The Balaban J connectivity index is 2.44. The van der Waals surface area contributed by atoms with Gasteiger partial charge in [-0.15, -0.1) is 0 Å². The van der Waals surface area contributed by atoms with Crippen molar-refractivity contribution in [1.29, 1.82) is 0 Å². The van der Waals surface area contributed by atoms with E-state index < -0.39 is 0 Å². The quantitative estimate of drug-likeness (QED) is 0.523. The smallest absolute Gasteiger partial charge is 0.0116 e. The highest BCUT2D eigenvalue weighted by molar-refractivity contribution is 5.32. The van der Waals surface area contributed by atoms with E-state index in [-0.39, 0.29) is 0 Å². The average Bonchev–Trinajstić information content (AvgIpc) is 2.25. The summed E-state index contributed by atoms with van der Waals surface area (Å²) >= 11 is 0. The molecule has 0 fully saturated rings. The van der Waals surface area contributed by atoms with E-state index in [9.17, 15) is 0 Å². The molecule has 0 bridgehead atoms. The van der Waals surface area contributed by atoms with Crippen molar-refractivity contribution in [3.8, 4) is 0 Å². The summed E-state index contributed by atoms with van der Waals surface area (Å²) in [6.45, 7) is 12.2. The molecule has 0 unspecified atom stereocenters. The van der Waals surface area contributed by atoms with Gasteiger partial charge in [-0.25, -0.2) is 0 Å². The fourth-order valence-corrected chi connectivity index (χ4v) is 3.75. The molecule has 0 heteroatoms. The lowest BCUT2D eigenvalue weighted by atomic mass is 9.57. The number of hydrogen-bond acceptors (Lipinski definition) is 0. The van der Waals surface area contributed by atoms with Gasteiger partial charge in [-0.2, -0.15) is 0 Å². The number of rotatable bonds is 1. The van der Waals surface area contributed by atoms with Gasteiger partial charge in [-0.3, -0.25) is 0 Å². The molecule has 0 aromatic carbocycles. The van der Waals surface area contributed by atoms with Crippen LogP contribution in [-0.2, 0) is 0 Å². The van der Waals surface area contributed by atoms with Crippen LogP contribution in [-0.4, -0.2) is 0 Å². The van der Waals surface area contributed by atoms with Gasteiger partial charge >= 0.3 is 0 Å². The van der Waals surface area contributed by atoms with Crippen molar-refractivity contribution in [2.75, 3.05) is 0 Å². The largest absolute Gasteiger partial charge is 0.0646 e. The normalized spacial score (nSPS) is 38.4. The highest BCUT2D eigenvalue weighted by atomic mass is 14.5. The zero-order valence-corrected chi connectivity index (χ0v) is 11.8. The number of hydrogen-bond donors (Lipinski definition) is 0. The molecule has 0 N–H and O–H groups in total. The van der Waals surface area contributed by atoms with Crippen LogP contribution < -0.4 is 0 Å². The van der Waals surface area contributed by atoms with Gasteiger partial charge in [0.2, 0.25) is 0 Å². The van der Waals surface area contributed by atoms with Crippen molar-refractivity contribution < 1.29 is 0 Å². The Morgan fingerprint density at radius 1 is 1.12 bits per heavy atom. The Morgan fingerprint density at radius 3 is 2.44 bits per heavy atom. The Labute approximate surface area is 102 Å². The topological polar surface area (TPSA) is 0 Å². The van der Waals surface area contributed by atoms with Crippen LogP contribution in [0.2, 0.25) is 0 Å². The predicted octanol–water partition coefficient (Wildman–Crippen LogP) is 5.34. The summed E-state index contributed by atoms with van der Waals surface area (Å²) in [5, 5.41) is 0. The molecular formula is C16H28. The van der Waals surface area contributed by atoms with Gasteiger partial charge in [0.25, 0.3) is 0 Å². The summed E-state index contributed by atoms with van der Waals surface area (Å²) in [5.41, 5.74) is 4.70. The van der Waals surface area contributed by atoms with Crippen molar-refractivity contribution in [1.82, 2.24) is 0 Å². The summed E-state index contributed by atoms with van der Waals surface area (Å²) < 4.78 is 0. The van der Waals surface area contributed by atoms with Gasteiger partial charge in [-0.05, 0) is 55.3 Å². The molecule has 0 radical (unpaired) electrons. The van der Waals surface area contributed by atoms with Crippen LogP contribution in [0.3, 0.4) is 0 Å². The second-order valence-electron chi connectivity index (χ2n) is 7.10. The fraction of sp³-hybridized carbons (Fsp3) is 0.875. The first-order valence-electron chi connectivity index (χ1n) is 7.12. The van der Waals surface area contributed by atoms with Crippen LogP contribution in [0.25, 0.3) is 0 Å². The van der Waals surface area contributed by atoms with Crippen LogP contribution in [0.4, 0.5) is 0 Å². The minimum atomic E-state index is 0.485. The SMILES string of the molecule is CC[C@]1(C)CCC(C)(C)C2=C1CC[C@H](C)C2. The van der Waals surface area contributed by atoms with E-state index in [1.54, 1.807) is 0 Å². The van der Waals surface area contributed by atoms with Crippen LogP contribution >= 0.6 is 0 Å². The lowest BCUT2D eigenvalue weighted by Gasteiger charge is -2.48. The second-order valence-corrected chi connectivity index (χ2v) is 7.10. The zero-order valence-electron chi connectivity index (χ0n) is 11.8. The summed E-state index contributed by atoms with van der Waals surface area (Å²) in [7, 11) is 0. The molecule has 0 aromatic rings. The molecule has 0 heterocycles. The molecule has 0 amide bonds. The zero-order chi connectivity index (χ0) is 12.0. The van der Waals surface area contributed by atoms with E-state index in [2.05, 4.69) is 34.6 Å². The van der Waals surface area contributed by atoms with Gasteiger partial charge < -0.3 is 0 Å². The molecule has 0 aliphatic heterocycles. The van der Waals surface area contributed by atoms with Crippen LogP contribution in [0, 0.1) is 16.7 Å². The van der Waals surface area contributed by atoms with E-state index >= 15 is 0 Å². The summed E-state index contributed by atoms with van der Waals surface area (Å²) in [5.74, 6) is 0.914. The maximum atomic E-state index is 2.51. The van der Waals surface area contributed by atoms with E-state index in [0.717, 1.165) is 5.92 Å². The third kappa shape index (κ3) is 1.85. The molecule has 0 spiro atoms. The van der Waals surface area contributed by atoms with Gasteiger partial charge in [0.1, 0.15) is 0 Å². The Bertz CT molecular complexity index is 308. The lowest BCUT2D eigenvalue weighted by Crippen LogP contribution is -2.35. The molecule has 0 saturated heterocycles. The van der Waals surface area contributed by atoms with Gasteiger partial charge in [0, 0.05) is 0 Å². The molecule has 16 heavy (non-hydrogen) atoms. The van der Waals surface area contributed by atoms with Crippen LogP contribution in [0.15, 0.2) is 11.1 Å². The molecule has 0 saturated carbocycles. The maximum absolute atomic E-state index is 2.51. The third-order valence-corrected chi connectivity index (χ3v) is 5.43. The molecule has 2 atom stereocenters. The van der Waals surface area contributed by atoms with Crippen molar-refractivity contribution >= 4 is 0 Å². The van der Waals surface area contributed by atoms with E-state index in [4.69, 9.17) is 0 Å². The van der Waals surface area contributed by atoms with Crippen molar-refractivity contribution in [2.45, 2.75) is 73.1 Å². The molecule has 2 aliphatic rings. The third-order valence-electron chi connectivity index (χ3n) is 5.43. The summed E-state index contributed by atoms with van der Waals surface area (Å²) in [6.07, 6.45) is 8.30. The second kappa shape index (κ2) is 3.89. The molecule has 2 aliphatic carbocycles. The summed E-state index contributed by atoms with van der Waals surface area (Å²) in [6, 6.07) is 0. The minimum absolute atomic E-state index is 0.485. The highest BCUT2D eigenvalue weighted by Gasteiger charge is 2.42. The van der Waals surface area contributed by atoms with Crippen LogP contribution in [0.1, 0.15) is 73.1 Å². The molecule has 2 rings (SSSR count). The monoisotopic (exact) mass is 220 g/mol. The Hall–Kier alpha value is -0.260. The fourth-order valence-electron chi connectivity index (χ4n) is 3.75. The predicted molar refractivity (Wildman–Crippen MR) is 71.5 cm³/mol. The molecule has 92 valence electrons. The summed E-state index contributed by atoms with van der Waals surface area (Å²) in [4.78, 5) is 0. The van der Waals surface area contributed by atoms with Crippen molar-refractivity contribution in [3.63, 3.8) is 0 Å². The first-order valence-corrected chi connectivity index (χ1v) is 7.12. The first kappa shape index (κ1) is 12.2. The standard InChI is InChI=1S/C16H28/c1-6-16(5)10-9-15(3,4)14-11-12(2)7-8-13(14)16/h12H,6-11H2,1-5H3/t12-,16+/m0/s1. The maximum Gasteiger partial charge on any atom is -0.0116 e. The Kier molecular flexibility index (Phi) is 2.97. The van der Waals surface area contributed by atoms with E-state index in [0.29, 0.717) is 10.8 Å². The molecule has 0 aromatic heterocycles.